The second kappa shape index (κ2) is 6.38. The van der Waals surface area contributed by atoms with Crippen LogP contribution >= 0.6 is 7.14 Å². The standard InChI is InChI=1S/C15H25N2O5P/c1-8-6-17(15(20)16-13(8)19)14-11(18)10(3)12(22-14)9(2)7-23(4,5)21/h6,9-12,14,18H,7H2,1-5H3,(H,16,19,20)/t9-,10+,11+,12-,14-/m1/s1. The molecule has 2 rings (SSSR count). The first kappa shape index (κ1) is 18.2. The van der Waals surface area contributed by atoms with E-state index in [9.17, 15) is 19.3 Å². The van der Waals surface area contributed by atoms with E-state index < -0.39 is 30.7 Å². The predicted octanol–water partition coefficient (Wildman–Crippen LogP) is 0.998. The van der Waals surface area contributed by atoms with Crippen LogP contribution in [0.3, 0.4) is 0 Å². The van der Waals surface area contributed by atoms with Gasteiger partial charge in [-0.05, 0) is 26.2 Å². The first-order valence-corrected chi connectivity index (χ1v) is 10.5. The lowest BCUT2D eigenvalue weighted by atomic mass is 9.92. The maximum Gasteiger partial charge on any atom is 0.330 e. The Hall–Kier alpha value is -1.17. The molecule has 0 radical (unpaired) electrons. The van der Waals surface area contributed by atoms with Crippen LogP contribution < -0.4 is 11.2 Å². The van der Waals surface area contributed by atoms with Crippen molar-refractivity contribution in [1.29, 1.82) is 0 Å². The van der Waals surface area contributed by atoms with Crippen molar-refractivity contribution in [3.05, 3.63) is 32.6 Å². The summed E-state index contributed by atoms with van der Waals surface area (Å²) in [6, 6.07) is 0. The number of hydrogen-bond acceptors (Lipinski definition) is 5. The fourth-order valence-electron chi connectivity index (χ4n) is 3.27. The van der Waals surface area contributed by atoms with E-state index in [1.54, 1.807) is 20.3 Å². The van der Waals surface area contributed by atoms with Crippen LogP contribution in [0.25, 0.3) is 0 Å². The van der Waals surface area contributed by atoms with Gasteiger partial charge in [0.05, 0.1) is 13.2 Å². The van der Waals surface area contributed by atoms with Crippen LogP contribution in [-0.4, -0.2) is 46.4 Å². The maximum absolute atomic E-state index is 12.0. The van der Waals surface area contributed by atoms with E-state index in [0.717, 1.165) is 0 Å². The Morgan fingerprint density at radius 3 is 2.61 bits per heavy atom. The minimum absolute atomic E-state index is 0.00922. The Morgan fingerprint density at radius 2 is 2.04 bits per heavy atom. The fourth-order valence-corrected chi connectivity index (χ4v) is 4.87. The summed E-state index contributed by atoms with van der Waals surface area (Å²) in [5.41, 5.74) is -0.687. The molecule has 1 aliphatic rings. The second-order valence-electron chi connectivity index (χ2n) is 7.05. The van der Waals surface area contributed by atoms with Crippen LogP contribution in [0.5, 0.6) is 0 Å². The number of ether oxygens (including phenoxy) is 1. The summed E-state index contributed by atoms with van der Waals surface area (Å²) in [5.74, 6) is -0.217. The van der Waals surface area contributed by atoms with Crippen LogP contribution in [0.1, 0.15) is 25.6 Å². The van der Waals surface area contributed by atoms with Gasteiger partial charge in [-0.2, -0.15) is 0 Å². The van der Waals surface area contributed by atoms with E-state index in [4.69, 9.17) is 4.74 Å². The van der Waals surface area contributed by atoms with Crippen molar-refractivity contribution in [1.82, 2.24) is 9.55 Å². The van der Waals surface area contributed by atoms with Crippen LogP contribution in [0.15, 0.2) is 15.8 Å². The number of rotatable bonds is 4. The van der Waals surface area contributed by atoms with Crippen molar-refractivity contribution in [2.24, 2.45) is 11.8 Å². The Bertz CT molecular complexity index is 734. The van der Waals surface area contributed by atoms with Gasteiger partial charge in [0, 0.05) is 23.8 Å². The van der Waals surface area contributed by atoms with Crippen LogP contribution in [-0.2, 0) is 9.30 Å². The molecule has 0 spiro atoms. The molecule has 0 unspecified atom stereocenters. The zero-order chi connectivity index (χ0) is 17.5. The molecule has 1 aromatic rings. The van der Waals surface area contributed by atoms with Crippen molar-refractivity contribution >= 4 is 7.14 Å². The highest BCUT2D eigenvalue weighted by Crippen LogP contribution is 2.44. The van der Waals surface area contributed by atoms with Gasteiger partial charge in [0.25, 0.3) is 5.56 Å². The Labute approximate surface area is 135 Å². The third-order valence-electron chi connectivity index (χ3n) is 4.35. The monoisotopic (exact) mass is 344 g/mol. The van der Waals surface area contributed by atoms with Gasteiger partial charge in [-0.25, -0.2) is 4.79 Å². The van der Waals surface area contributed by atoms with Crippen molar-refractivity contribution in [2.75, 3.05) is 19.5 Å². The summed E-state index contributed by atoms with van der Waals surface area (Å²) < 4.78 is 19.2. The summed E-state index contributed by atoms with van der Waals surface area (Å²) in [6.07, 6.45) is -0.116. The average molecular weight is 344 g/mol. The van der Waals surface area contributed by atoms with Crippen LogP contribution in [0, 0.1) is 18.8 Å². The lowest BCUT2D eigenvalue weighted by Crippen LogP contribution is -2.37. The lowest BCUT2D eigenvalue weighted by Gasteiger charge is -2.24. The van der Waals surface area contributed by atoms with Crippen molar-refractivity contribution in [3.8, 4) is 0 Å². The minimum Gasteiger partial charge on any atom is -0.388 e. The average Bonchev–Trinajstić information content (AvgIpc) is 2.69. The van der Waals surface area contributed by atoms with Gasteiger partial charge < -0.3 is 14.4 Å². The quantitative estimate of drug-likeness (QED) is 0.794. The largest absolute Gasteiger partial charge is 0.388 e. The number of hydrogen-bond donors (Lipinski definition) is 2. The van der Waals surface area contributed by atoms with Crippen LogP contribution in [0.4, 0.5) is 0 Å². The van der Waals surface area contributed by atoms with Crippen LogP contribution in [0.2, 0.25) is 0 Å². The molecule has 0 bridgehead atoms. The molecule has 7 nitrogen and oxygen atoms in total. The van der Waals surface area contributed by atoms with E-state index in [1.807, 2.05) is 13.8 Å². The fraction of sp³-hybridized carbons (Fsp3) is 0.733. The molecule has 2 heterocycles. The molecule has 8 heteroatoms. The summed E-state index contributed by atoms with van der Waals surface area (Å²) in [7, 11) is -2.21. The number of aliphatic hydroxyl groups is 1. The molecule has 1 aromatic heterocycles. The number of nitrogens with zero attached hydrogens (tertiary/aromatic N) is 1. The van der Waals surface area contributed by atoms with Crippen molar-refractivity contribution in [3.63, 3.8) is 0 Å². The predicted molar refractivity (Wildman–Crippen MR) is 88.6 cm³/mol. The molecule has 2 N–H and O–H groups in total. The summed E-state index contributed by atoms with van der Waals surface area (Å²) >= 11 is 0. The molecule has 1 saturated heterocycles. The third-order valence-corrected chi connectivity index (χ3v) is 5.81. The van der Waals surface area contributed by atoms with Gasteiger partial charge in [0.15, 0.2) is 6.23 Å². The number of aryl methyl sites for hydroxylation is 1. The van der Waals surface area contributed by atoms with Gasteiger partial charge in [-0.15, -0.1) is 0 Å². The number of nitrogens with one attached hydrogen (secondary N) is 1. The van der Waals surface area contributed by atoms with E-state index in [1.165, 1.54) is 10.8 Å². The van der Waals surface area contributed by atoms with Gasteiger partial charge >= 0.3 is 5.69 Å². The summed E-state index contributed by atoms with van der Waals surface area (Å²) in [6.45, 7) is 8.84. The molecule has 0 saturated carbocycles. The molecule has 0 amide bonds. The van der Waals surface area contributed by atoms with E-state index in [-0.39, 0.29) is 17.9 Å². The lowest BCUT2D eigenvalue weighted by molar-refractivity contribution is -0.0518. The summed E-state index contributed by atoms with van der Waals surface area (Å²) in [5, 5.41) is 10.5. The molecular formula is C15H25N2O5P. The van der Waals surface area contributed by atoms with Gasteiger partial charge in [-0.3, -0.25) is 14.3 Å². The van der Waals surface area contributed by atoms with Gasteiger partial charge in [0.2, 0.25) is 0 Å². The molecule has 1 fully saturated rings. The van der Waals surface area contributed by atoms with Crippen molar-refractivity contribution in [2.45, 2.75) is 39.2 Å². The normalized spacial score (nSPS) is 29.7. The minimum atomic E-state index is -2.21. The number of H-pyrrole nitrogens is 1. The molecule has 0 aliphatic carbocycles. The highest BCUT2D eigenvalue weighted by atomic mass is 31.2. The zero-order valence-corrected chi connectivity index (χ0v) is 15.0. The Kier molecular flexibility index (Phi) is 5.04. The second-order valence-corrected chi connectivity index (χ2v) is 10.6. The van der Waals surface area contributed by atoms with Gasteiger partial charge in [-0.1, -0.05) is 13.8 Å². The third kappa shape index (κ3) is 3.84. The molecular weight excluding hydrogens is 319 g/mol. The topological polar surface area (TPSA) is 101 Å². The first-order valence-electron chi connectivity index (χ1n) is 7.71. The molecule has 1 aliphatic heterocycles. The SMILES string of the molecule is Cc1cn([C@@H]2O[C@H]([C@H](C)CP(C)(C)=O)[C@@H](C)[C@@H]2O)c(=O)[nH]c1=O. The highest BCUT2D eigenvalue weighted by Gasteiger charge is 2.45. The highest BCUT2D eigenvalue weighted by molar-refractivity contribution is 7.62. The smallest absolute Gasteiger partial charge is 0.330 e. The van der Waals surface area contributed by atoms with E-state index >= 15 is 0 Å². The number of aromatic nitrogens is 2. The molecule has 130 valence electrons. The molecule has 5 atom stereocenters. The molecule has 0 aromatic carbocycles. The number of aromatic amines is 1. The summed E-state index contributed by atoms with van der Waals surface area (Å²) in [4.78, 5) is 25.7. The Balaban J connectivity index is 2.30. The number of aliphatic hydroxyl groups excluding tert-OH is 1. The van der Waals surface area contributed by atoms with E-state index in [0.29, 0.717) is 11.7 Å². The van der Waals surface area contributed by atoms with Crippen molar-refractivity contribution < 1.29 is 14.4 Å². The van der Waals surface area contributed by atoms with E-state index in [2.05, 4.69) is 4.98 Å². The van der Waals surface area contributed by atoms with Gasteiger partial charge in [0.1, 0.15) is 6.10 Å². The zero-order valence-electron chi connectivity index (χ0n) is 14.1. The Morgan fingerprint density at radius 1 is 1.43 bits per heavy atom. The molecule has 23 heavy (non-hydrogen) atoms. The first-order chi connectivity index (χ1) is 10.5. The maximum atomic E-state index is 12.0.